The zero-order valence-electron chi connectivity index (χ0n) is 23.5. The van der Waals surface area contributed by atoms with Crippen LogP contribution < -0.4 is 0 Å². The van der Waals surface area contributed by atoms with Crippen LogP contribution in [0.4, 0.5) is 0 Å². The van der Waals surface area contributed by atoms with Gasteiger partial charge in [0.1, 0.15) is 5.78 Å². The summed E-state index contributed by atoms with van der Waals surface area (Å²) < 4.78 is 0. The average Bonchev–Trinajstić information content (AvgIpc) is 3.02. The van der Waals surface area contributed by atoms with Crippen molar-refractivity contribution in [1.29, 1.82) is 0 Å². The van der Waals surface area contributed by atoms with E-state index in [1.807, 2.05) is 19.9 Å². The largest absolute Gasteiger partial charge is 0.389 e. The predicted molar refractivity (Wildman–Crippen MR) is 140 cm³/mol. The molecule has 0 saturated heterocycles. The van der Waals surface area contributed by atoms with Crippen LogP contribution in [0.25, 0.3) is 0 Å². The minimum absolute atomic E-state index is 0.0965. The Kier molecular flexibility index (Phi) is 11.1. The third kappa shape index (κ3) is 5.82. The minimum Gasteiger partial charge on any atom is -0.389 e. The van der Waals surface area contributed by atoms with Crippen molar-refractivity contribution >= 4 is 11.6 Å². The lowest BCUT2D eigenvalue weighted by Crippen LogP contribution is -2.56. The predicted octanol–water partition coefficient (Wildman–Crippen LogP) is 7.94. The molecule has 0 bridgehead atoms. The molecule has 0 radical (unpaired) electrons. The summed E-state index contributed by atoms with van der Waals surface area (Å²) in [5, 5.41) is 11.3. The Hall–Kier alpha value is -0.960. The van der Waals surface area contributed by atoms with Crippen molar-refractivity contribution in [3.63, 3.8) is 0 Å². The van der Waals surface area contributed by atoms with Crippen LogP contribution in [0.5, 0.6) is 0 Å². The van der Waals surface area contributed by atoms with Crippen molar-refractivity contribution in [3.05, 3.63) is 11.6 Å². The van der Waals surface area contributed by atoms with E-state index in [9.17, 15) is 14.7 Å². The molecule has 0 aromatic heterocycles. The van der Waals surface area contributed by atoms with E-state index in [2.05, 4.69) is 41.5 Å². The Bertz CT molecular complexity index is 691. The molecular formula is C30H54O3. The number of hydrogen-bond acceptors (Lipinski definition) is 3. The van der Waals surface area contributed by atoms with Crippen molar-refractivity contribution in [1.82, 2.24) is 0 Å². The van der Waals surface area contributed by atoms with Gasteiger partial charge in [0.25, 0.3) is 0 Å². The van der Waals surface area contributed by atoms with Crippen molar-refractivity contribution in [3.8, 4) is 0 Å². The van der Waals surface area contributed by atoms with Gasteiger partial charge in [-0.3, -0.25) is 4.79 Å². The summed E-state index contributed by atoms with van der Waals surface area (Å²) in [6.07, 6.45) is 11.6. The van der Waals surface area contributed by atoms with E-state index in [0.717, 1.165) is 44.4 Å². The molecule has 7 atom stereocenters. The fourth-order valence-corrected chi connectivity index (χ4v) is 7.60. The summed E-state index contributed by atoms with van der Waals surface area (Å²) in [7, 11) is 0. The molecular weight excluding hydrogens is 408 g/mol. The summed E-state index contributed by atoms with van der Waals surface area (Å²) >= 11 is 0. The molecule has 0 aromatic rings. The molecule has 0 amide bonds. The zero-order valence-corrected chi connectivity index (χ0v) is 23.5. The second-order valence-corrected chi connectivity index (χ2v) is 11.5. The molecule has 33 heavy (non-hydrogen) atoms. The van der Waals surface area contributed by atoms with Crippen LogP contribution in [-0.2, 0) is 9.59 Å². The third-order valence-corrected chi connectivity index (χ3v) is 9.22. The molecule has 0 aromatic carbocycles. The number of ketones is 2. The fraction of sp³-hybridized carbons (Fsp3) is 0.867. The van der Waals surface area contributed by atoms with Gasteiger partial charge in [0.05, 0.1) is 5.60 Å². The molecule has 4 rings (SSSR count). The van der Waals surface area contributed by atoms with Crippen molar-refractivity contribution < 1.29 is 14.7 Å². The van der Waals surface area contributed by atoms with Crippen LogP contribution >= 0.6 is 0 Å². The van der Waals surface area contributed by atoms with E-state index < -0.39 is 5.60 Å². The molecule has 4 aliphatic rings. The van der Waals surface area contributed by atoms with Gasteiger partial charge >= 0.3 is 0 Å². The molecule has 0 spiro atoms. The van der Waals surface area contributed by atoms with E-state index in [1.54, 1.807) is 0 Å². The van der Waals surface area contributed by atoms with Crippen LogP contribution in [0.3, 0.4) is 0 Å². The first-order valence-electron chi connectivity index (χ1n) is 13.8. The highest BCUT2D eigenvalue weighted by Gasteiger charge is 2.64. The molecule has 6 unspecified atom stereocenters. The average molecular weight is 463 g/mol. The summed E-state index contributed by atoms with van der Waals surface area (Å²) in [4.78, 5) is 21.4. The highest BCUT2D eigenvalue weighted by atomic mass is 16.3. The van der Waals surface area contributed by atoms with Gasteiger partial charge in [-0.05, 0) is 99.4 Å². The number of rotatable bonds is 1. The topological polar surface area (TPSA) is 54.4 Å². The molecule has 3 fully saturated rings. The van der Waals surface area contributed by atoms with E-state index in [0.29, 0.717) is 23.5 Å². The molecule has 192 valence electrons. The fourth-order valence-electron chi connectivity index (χ4n) is 7.60. The first-order valence-corrected chi connectivity index (χ1v) is 13.8. The summed E-state index contributed by atoms with van der Waals surface area (Å²) in [5.41, 5.74) is 1.32. The van der Waals surface area contributed by atoms with Gasteiger partial charge in [-0.1, -0.05) is 67.4 Å². The lowest BCUT2D eigenvalue weighted by Gasteiger charge is -2.61. The van der Waals surface area contributed by atoms with E-state index in [4.69, 9.17) is 0 Å². The maximum absolute atomic E-state index is 12.0. The second kappa shape index (κ2) is 12.1. The Morgan fingerprint density at radius 3 is 2.06 bits per heavy atom. The van der Waals surface area contributed by atoms with Crippen LogP contribution in [-0.4, -0.2) is 22.3 Å². The highest BCUT2D eigenvalue weighted by Crippen LogP contribution is 2.68. The highest BCUT2D eigenvalue weighted by molar-refractivity contribution is 5.91. The number of aliphatic hydroxyl groups is 1. The van der Waals surface area contributed by atoms with Crippen LogP contribution in [0.15, 0.2) is 11.6 Å². The summed E-state index contributed by atoms with van der Waals surface area (Å²) in [6, 6.07) is 0. The zero-order chi connectivity index (χ0) is 25.6. The number of carbonyl (C=O) groups excluding carboxylic acids is 2. The van der Waals surface area contributed by atoms with Crippen LogP contribution in [0.2, 0.25) is 0 Å². The Morgan fingerprint density at radius 1 is 1.03 bits per heavy atom. The first-order chi connectivity index (χ1) is 15.4. The number of fused-ring (bicyclic) bond motifs is 5. The quantitative estimate of drug-likeness (QED) is 0.430. The van der Waals surface area contributed by atoms with Gasteiger partial charge in [0, 0.05) is 6.42 Å². The van der Waals surface area contributed by atoms with Crippen LogP contribution in [0.1, 0.15) is 127 Å². The third-order valence-electron chi connectivity index (χ3n) is 9.22. The number of hydrogen-bond donors (Lipinski definition) is 1. The standard InChI is InChI=1S/C22H34O2.C3H6O.C3H8.C2H6/c1-5-22(24)11-8-18-19-14(2)12-15-13-16(23)6-9-20(15,3)17(19)7-10-21(18,22)4;1-3(2)4;1-3-2;1-2/h13-14,17-19,24H,5-12H2,1-4H3;1-2H3;3H2,1-2H3;1-2H3/t14?,17?,18?,19?,20?,21?,22-;;;/m0.../s1. The van der Waals surface area contributed by atoms with E-state index in [-0.39, 0.29) is 16.6 Å². The van der Waals surface area contributed by atoms with Crippen LogP contribution in [0, 0.1) is 34.5 Å². The Morgan fingerprint density at radius 2 is 1.55 bits per heavy atom. The maximum atomic E-state index is 12.0. The van der Waals surface area contributed by atoms with Gasteiger partial charge < -0.3 is 9.90 Å². The smallest absolute Gasteiger partial charge is 0.155 e. The van der Waals surface area contributed by atoms with Crippen molar-refractivity contribution in [2.45, 2.75) is 133 Å². The Labute approximate surface area is 205 Å². The number of carbonyl (C=O) groups is 2. The van der Waals surface area contributed by atoms with E-state index in [1.165, 1.54) is 38.7 Å². The van der Waals surface area contributed by atoms with Crippen molar-refractivity contribution in [2.75, 3.05) is 0 Å². The van der Waals surface area contributed by atoms with Crippen molar-refractivity contribution in [2.24, 2.45) is 34.5 Å². The first kappa shape index (κ1) is 30.1. The molecule has 3 saturated carbocycles. The monoisotopic (exact) mass is 462 g/mol. The number of Topliss-reactive ketones (excluding diaryl/α,β-unsaturated/α-hetero) is 1. The molecule has 3 heteroatoms. The van der Waals surface area contributed by atoms with Gasteiger partial charge in [-0.15, -0.1) is 0 Å². The van der Waals surface area contributed by atoms with Gasteiger partial charge in [0.2, 0.25) is 0 Å². The van der Waals surface area contributed by atoms with Gasteiger partial charge in [-0.25, -0.2) is 0 Å². The summed E-state index contributed by atoms with van der Waals surface area (Å²) in [5.74, 6) is 3.24. The SMILES string of the molecule is CC.CC(C)=O.CCC.CC[C@]1(O)CCC2C3C(C)CC4=CC(=O)CCC4(C)C3CCC21C. The minimum atomic E-state index is -0.456. The lowest BCUT2D eigenvalue weighted by molar-refractivity contribution is -0.140. The molecule has 0 aliphatic heterocycles. The molecule has 3 nitrogen and oxygen atoms in total. The van der Waals surface area contributed by atoms with Gasteiger partial charge in [-0.2, -0.15) is 0 Å². The Balaban J connectivity index is 0.000000528. The second-order valence-electron chi connectivity index (χ2n) is 11.5. The number of allylic oxidation sites excluding steroid dienone is 1. The van der Waals surface area contributed by atoms with E-state index >= 15 is 0 Å². The summed E-state index contributed by atoms with van der Waals surface area (Å²) in [6.45, 7) is 20.7. The maximum Gasteiger partial charge on any atom is 0.155 e. The molecule has 1 N–H and O–H groups in total. The lowest BCUT2D eigenvalue weighted by atomic mass is 9.44. The van der Waals surface area contributed by atoms with Gasteiger partial charge in [0.15, 0.2) is 5.78 Å². The molecule has 0 heterocycles. The molecule has 4 aliphatic carbocycles. The normalized spacial score (nSPS) is 40.7.